The van der Waals surface area contributed by atoms with Crippen molar-refractivity contribution in [1.82, 2.24) is 9.38 Å². The van der Waals surface area contributed by atoms with Gasteiger partial charge >= 0.3 is 0 Å². The van der Waals surface area contributed by atoms with Gasteiger partial charge in [-0.25, -0.2) is 4.98 Å². The maximum absolute atomic E-state index is 5.79. The second-order valence-electron chi connectivity index (χ2n) is 3.56. The molecule has 0 bridgehead atoms. The standard InChI is InChI=1S/C11H11N3S2/c1-7-8(5-12)14-9(6-16-11(14)13-7)10-3-2-4-15-10/h2-4,6H,5,12H2,1H3. The number of thiophene rings is 1. The van der Waals surface area contributed by atoms with Gasteiger partial charge < -0.3 is 5.73 Å². The normalized spacial score (nSPS) is 11.4. The summed E-state index contributed by atoms with van der Waals surface area (Å²) in [6.07, 6.45) is 0. The van der Waals surface area contributed by atoms with E-state index < -0.39 is 0 Å². The van der Waals surface area contributed by atoms with Crippen LogP contribution in [0.15, 0.2) is 22.9 Å². The van der Waals surface area contributed by atoms with Crippen LogP contribution in [0.4, 0.5) is 0 Å². The minimum atomic E-state index is 0.530. The quantitative estimate of drug-likeness (QED) is 0.759. The topological polar surface area (TPSA) is 43.3 Å². The number of fused-ring (bicyclic) bond motifs is 1. The number of aromatic nitrogens is 2. The van der Waals surface area contributed by atoms with Crippen molar-refractivity contribution in [1.29, 1.82) is 0 Å². The predicted molar refractivity (Wildman–Crippen MR) is 69.0 cm³/mol. The number of hydrogen-bond donors (Lipinski definition) is 1. The molecule has 0 radical (unpaired) electrons. The number of nitrogens with zero attached hydrogens (tertiary/aromatic N) is 2. The maximum atomic E-state index is 5.79. The second-order valence-corrected chi connectivity index (χ2v) is 5.35. The van der Waals surface area contributed by atoms with E-state index in [-0.39, 0.29) is 0 Å². The van der Waals surface area contributed by atoms with Crippen molar-refractivity contribution in [2.24, 2.45) is 5.73 Å². The lowest BCUT2D eigenvalue weighted by Crippen LogP contribution is -2.02. The Morgan fingerprint density at radius 3 is 3.00 bits per heavy atom. The highest BCUT2D eigenvalue weighted by Crippen LogP contribution is 2.31. The van der Waals surface area contributed by atoms with Crippen molar-refractivity contribution in [3.8, 4) is 10.6 Å². The molecular formula is C11H11N3S2. The Morgan fingerprint density at radius 2 is 2.31 bits per heavy atom. The lowest BCUT2D eigenvalue weighted by Gasteiger charge is -2.00. The van der Waals surface area contributed by atoms with Crippen molar-refractivity contribution < 1.29 is 0 Å². The third-order valence-electron chi connectivity index (χ3n) is 2.63. The zero-order chi connectivity index (χ0) is 11.1. The molecule has 82 valence electrons. The van der Waals surface area contributed by atoms with Gasteiger partial charge in [0.2, 0.25) is 0 Å². The highest BCUT2D eigenvalue weighted by molar-refractivity contribution is 7.16. The third-order valence-corrected chi connectivity index (χ3v) is 4.34. The minimum Gasteiger partial charge on any atom is -0.325 e. The van der Waals surface area contributed by atoms with E-state index >= 15 is 0 Å². The first-order valence-corrected chi connectivity index (χ1v) is 6.76. The Labute approximate surface area is 101 Å². The van der Waals surface area contributed by atoms with E-state index in [0.29, 0.717) is 6.54 Å². The largest absolute Gasteiger partial charge is 0.325 e. The summed E-state index contributed by atoms with van der Waals surface area (Å²) in [5, 5.41) is 4.23. The van der Waals surface area contributed by atoms with E-state index in [1.807, 2.05) is 6.92 Å². The van der Waals surface area contributed by atoms with Crippen LogP contribution in [0.25, 0.3) is 15.5 Å². The van der Waals surface area contributed by atoms with Crippen molar-refractivity contribution in [3.05, 3.63) is 34.3 Å². The highest BCUT2D eigenvalue weighted by atomic mass is 32.1. The zero-order valence-electron chi connectivity index (χ0n) is 8.80. The minimum absolute atomic E-state index is 0.530. The van der Waals surface area contributed by atoms with Crippen LogP contribution < -0.4 is 5.73 Å². The molecule has 5 heteroatoms. The number of thiazole rings is 1. The Hall–Kier alpha value is -1.17. The number of hydrogen-bond acceptors (Lipinski definition) is 4. The van der Waals surface area contributed by atoms with Gasteiger partial charge in [-0.3, -0.25) is 4.40 Å². The molecule has 3 nitrogen and oxygen atoms in total. The predicted octanol–water partition coefficient (Wildman–Crippen LogP) is 2.89. The van der Waals surface area contributed by atoms with Crippen LogP contribution in [0.5, 0.6) is 0 Å². The van der Waals surface area contributed by atoms with Crippen molar-refractivity contribution in [2.75, 3.05) is 0 Å². The molecule has 0 spiro atoms. The van der Waals surface area contributed by atoms with Gasteiger partial charge in [0.15, 0.2) is 4.96 Å². The zero-order valence-corrected chi connectivity index (χ0v) is 10.4. The van der Waals surface area contributed by atoms with Crippen LogP contribution in [0.1, 0.15) is 11.4 Å². The molecule has 0 saturated carbocycles. The summed E-state index contributed by atoms with van der Waals surface area (Å²) in [6.45, 7) is 2.54. The lowest BCUT2D eigenvalue weighted by molar-refractivity contribution is 0.954. The van der Waals surface area contributed by atoms with E-state index in [9.17, 15) is 0 Å². The van der Waals surface area contributed by atoms with E-state index in [1.54, 1.807) is 22.7 Å². The van der Waals surface area contributed by atoms with Gasteiger partial charge in [-0.05, 0) is 18.4 Å². The van der Waals surface area contributed by atoms with Crippen LogP contribution in [0.2, 0.25) is 0 Å². The Kier molecular flexibility index (Phi) is 2.31. The van der Waals surface area contributed by atoms with Gasteiger partial charge in [0.25, 0.3) is 0 Å². The summed E-state index contributed by atoms with van der Waals surface area (Å²) < 4.78 is 2.17. The van der Waals surface area contributed by atoms with Crippen molar-refractivity contribution >= 4 is 27.6 Å². The van der Waals surface area contributed by atoms with Crippen LogP contribution in [-0.2, 0) is 6.54 Å². The molecule has 0 fully saturated rings. The van der Waals surface area contributed by atoms with Crippen LogP contribution in [0.3, 0.4) is 0 Å². The SMILES string of the molecule is Cc1nc2scc(-c3cccs3)n2c1CN. The average Bonchev–Trinajstić information content (AvgIpc) is 2.91. The molecule has 0 aliphatic heterocycles. The van der Waals surface area contributed by atoms with Gasteiger partial charge in [-0.1, -0.05) is 6.07 Å². The fourth-order valence-corrected chi connectivity index (χ4v) is 3.61. The highest BCUT2D eigenvalue weighted by Gasteiger charge is 2.14. The van der Waals surface area contributed by atoms with E-state index in [2.05, 4.69) is 32.3 Å². The van der Waals surface area contributed by atoms with E-state index in [0.717, 1.165) is 16.3 Å². The summed E-state index contributed by atoms with van der Waals surface area (Å²) in [5.41, 5.74) is 9.14. The van der Waals surface area contributed by atoms with Gasteiger partial charge in [0, 0.05) is 11.9 Å². The average molecular weight is 249 g/mol. The van der Waals surface area contributed by atoms with Crippen LogP contribution in [-0.4, -0.2) is 9.38 Å². The Bertz CT molecular complexity index is 619. The molecular weight excluding hydrogens is 238 g/mol. The van der Waals surface area contributed by atoms with E-state index in [1.165, 1.54) is 10.6 Å². The molecule has 0 unspecified atom stereocenters. The molecule has 16 heavy (non-hydrogen) atoms. The number of imidazole rings is 1. The van der Waals surface area contributed by atoms with Gasteiger partial charge in [-0.2, -0.15) is 0 Å². The first kappa shape index (κ1) is 10.0. The third kappa shape index (κ3) is 1.32. The first-order valence-electron chi connectivity index (χ1n) is 5.00. The Morgan fingerprint density at radius 1 is 1.44 bits per heavy atom. The van der Waals surface area contributed by atoms with Gasteiger partial charge in [0.05, 0.1) is 22.0 Å². The first-order chi connectivity index (χ1) is 7.81. The molecule has 0 atom stereocenters. The van der Waals surface area contributed by atoms with Gasteiger partial charge in [-0.15, -0.1) is 22.7 Å². The lowest BCUT2D eigenvalue weighted by atomic mass is 10.3. The maximum Gasteiger partial charge on any atom is 0.194 e. The number of rotatable bonds is 2. The molecule has 3 heterocycles. The summed E-state index contributed by atoms with van der Waals surface area (Å²) in [5.74, 6) is 0. The van der Waals surface area contributed by atoms with Crippen molar-refractivity contribution in [2.45, 2.75) is 13.5 Å². The molecule has 0 aliphatic carbocycles. The fourth-order valence-electron chi connectivity index (χ4n) is 1.86. The molecule has 0 aliphatic rings. The molecule has 0 saturated heterocycles. The number of nitrogens with two attached hydrogens (primary N) is 1. The summed E-state index contributed by atoms with van der Waals surface area (Å²) in [4.78, 5) is 6.81. The number of aryl methyl sites for hydroxylation is 1. The molecule has 0 amide bonds. The molecule has 3 aromatic heterocycles. The van der Waals surface area contributed by atoms with Gasteiger partial charge in [0.1, 0.15) is 0 Å². The van der Waals surface area contributed by atoms with Crippen LogP contribution in [0, 0.1) is 6.92 Å². The molecule has 2 N–H and O–H groups in total. The Balaban J connectivity index is 2.33. The summed E-state index contributed by atoms with van der Waals surface area (Å²) in [7, 11) is 0. The summed E-state index contributed by atoms with van der Waals surface area (Å²) in [6, 6.07) is 4.19. The van der Waals surface area contributed by atoms with E-state index in [4.69, 9.17) is 5.73 Å². The second kappa shape index (κ2) is 3.69. The molecule has 3 aromatic rings. The molecule has 0 aromatic carbocycles. The molecule has 3 rings (SSSR count). The smallest absolute Gasteiger partial charge is 0.194 e. The van der Waals surface area contributed by atoms with Crippen molar-refractivity contribution in [3.63, 3.8) is 0 Å². The monoisotopic (exact) mass is 249 g/mol. The van der Waals surface area contributed by atoms with Crippen LogP contribution >= 0.6 is 22.7 Å². The fraction of sp³-hybridized carbons (Fsp3) is 0.182. The summed E-state index contributed by atoms with van der Waals surface area (Å²) >= 11 is 3.41.